The standard InChI is InChI=1S/C8H10O4.CH4/c1-5(2)7(9)12-6(3)8(10)11-4;/h1,3H2,2,4H3;1H4. The summed E-state index contributed by atoms with van der Waals surface area (Å²) in [6.07, 6.45) is 0. The van der Waals surface area contributed by atoms with Gasteiger partial charge in [0.25, 0.3) is 0 Å². The van der Waals surface area contributed by atoms with Crippen LogP contribution in [0.25, 0.3) is 0 Å². The summed E-state index contributed by atoms with van der Waals surface area (Å²) in [4.78, 5) is 21.4. The maximum absolute atomic E-state index is 10.8. The minimum atomic E-state index is -0.774. The number of hydrogen-bond acceptors (Lipinski definition) is 4. The lowest BCUT2D eigenvalue weighted by Gasteiger charge is -2.03. The van der Waals surface area contributed by atoms with Crippen LogP contribution in [0.15, 0.2) is 24.5 Å². The summed E-state index contributed by atoms with van der Waals surface area (Å²) in [5.74, 6) is -1.81. The van der Waals surface area contributed by atoms with Crippen LogP contribution < -0.4 is 0 Å². The van der Waals surface area contributed by atoms with Crippen LogP contribution >= 0.6 is 0 Å². The molecule has 74 valence electrons. The van der Waals surface area contributed by atoms with E-state index in [0.717, 1.165) is 0 Å². The molecule has 4 heteroatoms. The Hall–Kier alpha value is -1.58. The number of methoxy groups -OCH3 is 1. The summed E-state index contributed by atoms with van der Waals surface area (Å²) in [7, 11) is 1.17. The molecule has 0 saturated carbocycles. The second-order valence-electron chi connectivity index (χ2n) is 2.08. The number of esters is 2. The van der Waals surface area contributed by atoms with E-state index in [9.17, 15) is 9.59 Å². The van der Waals surface area contributed by atoms with Gasteiger partial charge in [0.2, 0.25) is 5.76 Å². The Bertz CT molecular complexity index is 240. The predicted octanol–water partition coefficient (Wildman–Crippen LogP) is 1.43. The van der Waals surface area contributed by atoms with Crippen molar-refractivity contribution < 1.29 is 19.1 Å². The molecule has 0 fully saturated rings. The van der Waals surface area contributed by atoms with Crippen molar-refractivity contribution in [2.45, 2.75) is 14.4 Å². The number of rotatable bonds is 3. The molecule has 0 aromatic heterocycles. The Morgan fingerprint density at radius 3 is 1.92 bits per heavy atom. The highest BCUT2D eigenvalue weighted by Gasteiger charge is 2.12. The van der Waals surface area contributed by atoms with Crippen molar-refractivity contribution in [3.05, 3.63) is 24.5 Å². The van der Waals surface area contributed by atoms with Gasteiger partial charge in [-0.15, -0.1) is 0 Å². The summed E-state index contributed by atoms with van der Waals surface area (Å²) in [6, 6.07) is 0. The van der Waals surface area contributed by atoms with Crippen molar-refractivity contribution >= 4 is 11.9 Å². The van der Waals surface area contributed by atoms with Crippen LogP contribution in [0.2, 0.25) is 0 Å². The smallest absolute Gasteiger partial charge is 0.373 e. The van der Waals surface area contributed by atoms with Crippen LogP contribution in [0.3, 0.4) is 0 Å². The Kier molecular flexibility index (Phi) is 6.44. The Balaban J connectivity index is 0. The van der Waals surface area contributed by atoms with E-state index in [0.29, 0.717) is 0 Å². The maximum atomic E-state index is 10.8. The zero-order valence-corrected chi connectivity index (χ0v) is 7.05. The van der Waals surface area contributed by atoms with Crippen LogP contribution in [0.1, 0.15) is 14.4 Å². The molecule has 0 bridgehead atoms. The van der Waals surface area contributed by atoms with E-state index >= 15 is 0 Å². The van der Waals surface area contributed by atoms with E-state index in [2.05, 4.69) is 22.6 Å². The van der Waals surface area contributed by atoms with Crippen LogP contribution in [-0.4, -0.2) is 19.0 Å². The fraction of sp³-hybridized carbons (Fsp3) is 0.333. The highest BCUT2D eigenvalue weighted by molar-refractivity contribution is 5.93. The number of carbonyl (C=O) groups excluding carboxylic acids is 2. The van der Waals surface area contributed by atoms with E-state index < -0.39 is 11.9 Å². The fourth-order valence-corrected chi connectivity index (χ4v) is 0.355. The zero-order valence-electron chi connectivity index (χ0n) is 7.05. The van der Waals surface area contributed by atoms with Gasteiger partial charge in [0, 0.05) is 5.57 Å². The van der Waals surface area contributed by atoms with Crippen LogP contribution in [0.5, 0.6) is 0 Å². The average Bonchev–Trinajstić information content (AvgIpc) is 2.02. The summed E-state index contributed by atoms with van der Waals surface area (Å²) in [5, 5.41) is 0. The Morgan fingerprint density at radius 1 is 1.15 bits per heavy atom. The van der Waals surface area contributed by atoms with Gasteiger partial charge >= 0.3 is 11.9 Å². The molecular formula is C9H14O4. The summed E-state index contributed by atoms with van der Waals surface area (Å²) in [6.45, 7) is 7.98. The predicted molar refractivity (Wildman–Crippen MR) is 48.8 cm³/mol. The van der Waals surface area contributed by atoms with Crippen LogP contribution in [-0.2, 0) is 19.1 Å². The van der Waals surface area contributed by atoms with Gasteiger partial charge in [-0.25, -0.2) is 9.59 Å². The minimum absolute atomic E-state index is 0. The van der Waals surface area contributed by atoms with E-state index in [-0.39, 0.29) is 18.8 Å². The number of carbonyl (C=O) groups is 2. The highest BCUT2D eigenvalue weighted by Crippen LogP contribution is 2.01. The first-order valence-electron chi connectivity index (χ1n) is 3.14. The molecule has 0 saturated heterocycles. The topological polar surface area (TPSA) is 52.6 Å². The molecular weight excluding hydrogens is 172 g/mol. The highest BCUT2D eigenvalue weighted by atomic mass is 16.6. The van der Waals surface area contributed by atoms with E-state index in [4.69, 9.17) is 0 Å². The van der Waals surface area contributed by atoms with Crippen molar-refractivity contribution in [2.24, 2.45) is 0 Å². The molecule has 13 heavy (non-hydrogen) atoms. The van der Waals surface area contributed by atoms with Crippen LogP contribution in [0, 0.1) is 0 Å². The zero-order chi connectivity index (χ0) is 9.72. The largest absolute Gasteiger partial charge is 0.463 e. The third-order valence-corrected chi connectivity index (χ3v) is 0.977. The average molecular weight is 186 g/mol. The Morgan fingerprint density at radius 2 is 1.62 bits per heavy atom. The molecule has 0 unspecified atom stereocenters. The second-order valence-corrected chi connectivity index (χ2v) is 2.08. The molecule has 0 aromatic carbocycles. The molecule has 0 aliphatic heterocycles. The molecule has 0 spiro atoms. The molecule has 0 amide bonds. The summed E-state index contributed by atoms with van der Waals surface area (Å²) in [5.41, 5.74) is 0.194. The van der Waals surface area contributed by atoms with Gasteiger partial charge < -0.3 is 9.47 Å². The van der Waals surface area contributed by atoms with Crippen LogP contribution in [0.4, 0.5) is 0 Å². The molecule has 4 nitrogen and oxygen atoms in total. The molecule has 0 rings (SSSR count). The van der Waals surface area contributed by atoms with Gasteiger partial charge in [-0.2, -0.15) is 0 Å². The first-order valence-corrected chi connectivity index (χ1v) is 3.14. The van der Waals surface area contributed by atoms with Crippen molar-refractivity contribution in [2.75, 3.05) is 7.11 Å². The quantitative estimate of drug-likeness (QED) is 0.380. The summed E-state index contributed by atoms with van der Waals surface area (Å²) < 4.78 is 8.70. The first-order chi connectivity index (χ1) is 5.49. The Labute approximate surface area is 77.8 Å². The normalized spacial score (nSPS) is 7.85. The van der Waals surface area contributed by atoms with Gasteiger partial charge in [0.05, 0.1) is 7.11 Å². The molecule has 0 aromatic rings. The third kappa shape index (κ3) is 4.79. The lowest BCUT2D eigenvalue weighted by Crippen LogP contribution is -2.12. The van der Waals surface area contributed by atoms with Crippen molar-refractivity contribution in [3.63, 3.8) is 0 Å². The second kappa shape index (κ2) is 5.99. The van der Waals surface area contributed by atoms with Gasteiger partial charge in [-0.1, -0.05) is 14.0 Å². The SMILES string of the molecule is C.C=C(C)C(=O)OC(=C)C(=O)OC. The van der Waals surface area contributed by atoms with Gasteiger partial charge in [-0.05, 0) is 13.5 Å². The molecule has 0 atom stereocenters. The lowest BCUT2D eigenvalue weighted by atomic mass is 10.4. The number of hydrogen-bond donors (Lipinski definition) is 0. The fourth-order valence-electron chi connectivity index (χ4n) is 0.355. The van der Waals surface area contributed by atoms with Gasteiger partial charge in [-0.3, -0.25) is 0 Å². The first kappa shape index (κ1) is 14.0. The van der Waals surface area contributed by atoms with E-state index in [1.807, 2.05) is 0 Å². The minimum Gasteiger partial charge on any atom is -0.463 e. The van der Waals surface area contributed by atoms with Crippen molar-refractivity contribution in [1.82, 2.24) is 0 Å². The molecule has 0 N–H and O–H groups in total. The lowest BCUT2D eigenvalue weighted by molar-refractivity contribution is -0.147. The summed E-state index contributed by atoms with van der Waals surface area (Å²) >= 11 is 0. The number of ether oxygens (including phenoxy) is 2. The van der Waals surface area contributed by atoms with Crippen molar-refractivity contribution in [1.29, 1.82) is 0 Å². The monoisotopic (exact) mass is 186 g/mol. The van der Waals surface area contributed by atoms with Crippen molar-refractivity contribution in [3.8, 4) is 0 Å². The molecule has 0 aliphatic carbocycles. The molecule has 0 radical (unpaired) electrons. The molecule has 0 aliphatic rings. The van der Waals surface area contributed by atoms with Gasteiger partial charge in [0.1, 0.15) is 0 Å². The third-order valence-electron chi connectivity index (χ3n) is 0.977. The van der Waals surface area contributed by atoms with E-state index in [1.54, 1.807) is 0 Å². The molecule has 0 heterocycles. The van der Waals surface area contributed by atoms with Gasteiger partial charge in [0.15, 0.2) is 0 Å². The van der Waals surface area contributed by atoms with E-state index in [1.165, 1.54) is 14.0 Å². The maximum Gasteiger partial charge on any atom is 0.373 e.